The first kappa shape index (κ1) is 13.9. The summed E-state index contributed by atoms with van der Waals surface area (Å²) in [5, 5.41) is 5.79. The van der Waals surface area contributed by atoms with E-state index in [0.717, 1.165) is 11.3 Å². The average molecular weight is 299 g/mol. The molecule has 0 aliphatic heterocycles. The third-order valence-electron chi connectivity index (χ3n) is 2.43. The molecule has 0 aliphatic carbocycles. The molecule has 2 rings (SSSR count). The maximum Gasteiger partial charge on any atom is 0.266 e. The van der Waals surface area contributed by atoms with E-state index in [1.54, 1.807) is 31.5 Å². The van der Waals surface area contributed by atoms with Crippen molar-refractivity contribution in [3.05, 3.63) is 33.9 Å². The number of hydrogen-bond acceptors (Lipinski definition) is 5. The monoisotopic (exact) mass is 299 g/mol. The van der Waals surface area contributed by atoms with E-state index in [4.69, 9.17) is 0 Å². The van der Waals surface area contributed by atoms with Gasteiger partial charge in [0.1, 0.15) is 4.21 Å². The molecule has 0 saturated carbocycles. The van der Waals surface area contributed by atoms with E-state index in [9.17, 15) is 13.2 Å². The van der Waals surface area contributed by atoms with Crippen molar-refractivity contribution in [3.8, 4) is 11.3 Å². The second-order valence-electron chi connectivity index (χ2n) is 3.84. The molecule has 0 aromatic carbocycles. The van der Waals surface area contributed by atoms with E-state index < -0.39 is 10.0 Å². The standard InChI is InChI=1S/C11H13N3O3S2/c1-3-12-19(16,17)11-6-8(7-18-11)9-4-5-10(15)14(2)13-9/h4-7,12H,3H2,1-2H3. The lowest BCUT2D eigenvalue weighted by Gasteiger charge is -2.00. The zero-order chi connectivity index (χ0) is 14.0. The minimum absolute atomic E-state index is 0.209. The lowest BCUT2D eigenvalue weighted by atomic mass is 10.2. The highest BCUT2D eigenvalue weighted by molar-refractivity contribution is 7.91. The topological polar surface area (TPSA) is 81.1 Å². The van der Waals surface area contributed by atoms with Crippen LogP contribution in [0.2, 0.25) is 0 Å². The SMILES string of the molecule is CCNS(=O)(=O)c1cc(-c2ccc(=O)n(C)n2)cs1. The number of aryl methyl sites for hydroxylation is 1. The molecule has 2 aromatic heterocycles. The fourth-order valence-corrected chi connectivity index (χ4v) is 3.77. The first-order valence-electron chi connectivity index (χ1n) is 5.57. The summed E-state index contributed by atoms with van der Waals surface area (Å²) in [6.07, 6.45) is 0. The molecule has 0 unspecified atom stereocenters. The molecule has 8 heteroatoms. The Morgan fingerprint density at radius 2 is 2.16 bits per heavy atom. The Bertz CT molecular complexity index is 747. The van der Waals surface area contributed by atoms with E-state index in [2.05, 4.69) is 9.82 Å². The molecule has 0 fully saturated rings. The van der Waals surface area contributed by atoms with E-state index in [0.29, 0.717) is 17.8 Å². The third kappa shape index (κ3) is 2.91. The zero-order valence-corrected chi connectivity index (χ0v) is 12.1. The van der Waals surface area contributed by atoms with Crippen LogP contribution in [-0.4, -0.2) is 24.7 Å². The summed E-state index contributed by atoms with van der Waals surface area (Å²) in [6.45, 7) is 2.06. The lowest BCUT2D eigenvalue weighted by molar-refractivity contribution is 0.586. The summed E-state index contributed by atoms with van der Waals surface area (Å²) in [7, 11) is -1.89. The van der Waals surface area contributed by atoms with Crippen molar-refractivity contribution in [1.29, 1.82) is 0 Å². The largest absolute Gasteiger partial charge is 0.268 e. The van der Waals surface area contributed by atoms with Crippen LogP contribution in [0.3, 0.4) is 0 Å². The Hall–Kier alpha value is -1.51. The van der Waals surface area contributed by atoms with Crippen LogP contribution in [0, 0.1) is 0 Å². The van der Waals surface area contributed by atoms with Gasteiger partial charge in [-0.3, -0.25) is 4.79 Å². The van der Waals surface area contributed by atoms with Gasteiger partial charge in [-0.25, -0.2) is 17.8 Å². The van der Waals surface area contributed by atoms with Crippen molar-refractivity contribution in [2.45, 2.75) is 11.1 Å². The summed E-state index contributed by atoms with van der Waals surface area (Å²) in [6, 6.07) is 4.53. The maximum absolute atomic E-state index is 11.8. The van der Waals surface area contributed by atoms with Crippen LogP contribution in [0.5, 0.6) is 0 Å². The van der Waals surface area contributed by atoms with Gasteiger partial charge in [0.15, 0.2) is 0 Å². The van der Waals surface area contributed by atoms with Crippen molar-refractivity contribution >= 4 is 21.4 Å². The summed E-state index contributed by atoms with van der Waals surface area (Å²) >= 11 is 1.12. The summed E-state index contributed by atoms with van der Waals surface area (Å²) in [5.41, 5.74) is 1.04. The Labute approximate surface area is 114 Å². The van der Waals surface area contributed by atoms with Gasteiger partial charge >= 0.3 is 0 Å². The fourth-order valence-electron chi connectivity index (χ4n) is 1.51. The Morgan fingerprint density at radius 1 is 1.42 bits per heavy atom. The smallest absolute Gasteiger partial charge is 0.266 e. The van der Waals surface area contributed by atoms with Crippen LogP contribution >= 0.6 is 11.3 Å². The van der Waals surface area contributed by atoms with Crippen molar-refractivity contribution in [1.82, 2.24) is 14.5 Å². The Morgan fingerprint density at radius 3 is 2.79 bits per heavy atom. The molecule has 0 amide bonds. The van der Waals surface area contributed by atoms with E-state index >= 15 is 0 Å². The molecule has 6 nitrogen and oxygen atoms in total. The molecule has 0 radical (unpaired) electrons. The van der Waals surface area contributed by atoms with Crippen LogP contribution in [0.4, 0.5) is 0 Å². The molecule has 2 heterocycles. The van der Waals surface area contributed by atoms with Gasteiger partial charge in [0.05, 0.1) is 5.69 Å². The molecule has 0 bridgehead atoms. The van der Waals surface area contributed by atoms with Crippen molar-refractivity contribution in [2.75, 3.05) is 6.54 Å². The molecule has 0 atom stereocenters. The van der Waals surface area contributed by atoms with Crippen LogP contribution in [0.25, 0.3) is 11.3 Å². The Balaban J connectivity index is 2.41. The molecule has 2 aromatic rings. The van der Waals surface area contributed by atoms with Crippen molar-refractivity contribution in [3.63, 3.8) is 0 Å². The van der Waals surface area contributed by atoms with Crippen LogP contribution < -0.4 is 10.3 Å². The number of hydrogen-bond donors (Lipinski definition) is 1. The number of aromatic nitrogens is 2. The first-order valence-corrected chi connectivity index (χ1v) is 7.93. The third-order valence-corrected chi connectivity index (χ3v) is 5.42. The molecule has 0 aliphatic rings. The minimum Gasteiger partial charge on any atom is -0.268 e. The van der Waals surface area contributed by atoms with Gasteiger partial charge in [0, 0.05) is 30.6 Å². The molecular weight excluding hydrogens is 286 g/mol. The highest BCUT2D eigenvalue weighted by atomic mass is 32.2. The quantitative estimate of drug-likeness (QED) is 0.905. The van der Waals surface area contributed by atoms with Crippen LogP contribution in [0.1, 0.15) is 6.92 Å². The second kappa shape index (κ2) is 5.24. The average Bonchev–Trinajstić information content (AvgIpc) is 2.83. The van der Waals surface area contributed by atoms with Gasteiger partial charge in [0.25, 0.3) is 5.56 Å². The number of rotatable bonds is 4. The van der Waals surface area contributed by atoms with Crippen LogP contribution in [0.15, 0.2) is 32.6 Å². The molecule has 0 saturated heterocycles. The van der Waals surface area contributed by atoms with Gasteiger partial charge in [-0.05, 0) is 12.1 Å². The second-order valence-corrected chi connectivity index (χ2v) is 6.74. The number of sulfonamides is 1. The zero-order valence-electron chi connectivity index (χ0n) is 10.5. The van der Waals surface area contributed by atoms with Gasteiger partial charge in [-0.2, -0.15) is 5.10 Å². The highest BCUT2D eigenvalue weighted by Crippen LogP contribution is 2.26. The Kier molecular flexibility index (Phi) is 3.83. The molecular formula is C11H13N3O3S2. The van der Waals surface area contributed by atoms with Gasteiger partial charge in [-0.15, -0.1) is 11.3 Å². The summed E-state index contributed by atoms with van der Waals surface area (Å²) in [5.74, 6) is 0. The molecule has 102 valence electrons. The molecule has 19 heavy (non-hydrogen) atoms. The maximum atomic E-state index is 11.8. The summed E-state index contributed by atoms with van der Waals surface area (Å²) in [4.78, 5) is 11.2. The number of nitrogens with zero attached hydrogens (tertiary/aromatic N) is 2. The number of thiophene rings is 1. The van der Waals surface area contributed by atoms with E-state index in [1.807, 2.05) is 0 Å². The van der Waals surface area contributed by atoms with Crippen molar-refractivity contribution < 1.29 is 8.42 Å². The minimum atomic E-state index is -3.44. The van der Waals surface area contributed by atoms with E-state index in [-0.39, 0.29) is 9.77 Å². The fraction of sp³-hybridized carbons (Fsp3) is 0.273. The summed E-state index contributed by atoms with van der Waals surface area (Å²) < 4.78 is 27.5. The van der Waals surface area contributed by atoms with Gasteiger partial charge in [0.2, 0.25) is 10.0 Å². The normalized spacial score (nSPS) is 11.7. The highest BCUT2D eigenvalue weighted by Gasteiger charge is 2.16. The van der Waals surface area contributed by atoms with Gasteiger partial charge in [-0.1, -0.05) is 6.92 Å². The van der Waals surface area contributed by atoms with Crippen molar-refractivity contribution in [2.24, 2.45) is 7.05 Å². The first-order chi connectivity index (χ1) is 8.94. The predicted octanol–water partition coefficient (Wildman–Crippen LogP) is 0.807. The van der Waals surface area contributed by atoms with Crippen LogP contribution in [-0.2, 0) is 17.1 Å². The number of nitrogens with one attached hydrogen (secondary N) is 1. The van der Waals surface area contributed by atoms with Gasteiger partial charge < -0.3 is 0 Å². The lowest BCUT2D eigenvalue weighted by Crippen LogP contribution is -2.22. The molecule has 1 N–H and O–H groups in total. The molecule has 0 spiro atoms. The van der Waals surface area contributed by atoms with E-state index in [1.165, 1.54) is 10.7 Å². The predicted molar refractivity (Wildman–Crippen MR) is 73.7 cm³/mol.